The fourth-order valence-corrected chi connectivity index (χ4v) is 4.29. The van der Waals surface area contributed by atoms with E-state index in [1.807, 2.05) is 6.92 Å². The quantitative estimate of drug-likeness (QED) is 0.448. The molecule has 176 valence electrons. The van der Waals surface area contributed by atoms with Crippen LogP contribution < -0.4 is 21.9 Å². The van der Waals surface area contributed by atoms with Crippen molar-refractivity contribution in [2.45, 2.75) is 33.4 Å². The Balaban J connectivity index is 1.48. The van der Waals surface area contributed by atoms with Crippen molar-refractivity contribution in [1.82, 2.24) is 9.13 Å². The van der Waals surface area contributed by atoms with E-state index in [0.29, 0.717) is 45.8 Å². The summed E-state index contributed by atoms with van der Waals surface area (Å²) in [4.78, 5) is 50.6. The zero-order valence-electron chi connectivity index (χ0n) is 18.7. The molecule has 0 unspecified atom stereocenters. The lowest BCUT2D eigenvalue weighted by Gasteiger charge is -2.13. The zero-order chi connectivity index (χ0) is 24.6. The Morgan fingerprint density at radius 1 is 1.00 bits per heavy atom. The smallest absolute Gasteiger partial charge is 0.326 e. The summed E-state index contributed by atoms with van der Waals surface area (Å²) in [5.74, 6) is -1.54. The van der Waals surface area contributed by atoms with Gasteiger partial charge >= 0.3 is 5.69 Å². The van der Waals surface area contributed by atoms with Crippen LogP contribution in [0.2, 0.25) is 5.02 Å². The highest BCUT2D eigenvalue weighted by Crippen LogP contribution is 2.40. The minimum absolute atomic E-state index is 0.248. The van der Waals surface area contributed by atoms with Crippen molar-refractivity contribution in [1.29, 1.82) is 5.41 Å². The second kappa shape index (κ2) is 9.26. The fourth-order valence-electron chi connectivity index (χ4n) is 4.05. The Morgan fingerprint density at radius 2 is 1.59 bits per heavy atom. The number of aromatic nitrogens is 2. The number of hydrogen-bond donors (Lipinski definition) is 3. The van der Waals surface area contributed by atoms with E-state index in [-0.39, 0.29) is 24.0 Å². The van der Waals surface area contributed by atoms with Gasteiger partial charge in [-0.25, -0.2) is 4.79 Å². The molecule has 3 aromatic rings. The van der Waals surface area contributed by atoms with E-state index in [1.165, 1.54) is 9.13 Å². The van der Waals surface area contributed by atoms with E-state index in [9.17, 15) is 19.2 Å². The maximum atomic E-state index is 12.8. The number of aryl methyl sites for hydroxylation is 1. The molecule has 2 aromatic carbocycles. The summed E-state index contributed by atoms with van der Waals surface area (Å²) in [6.07, 6.45) is 1.54. The van der Waals surface area contributed by atoms with Crippen molar-refractivity contribution in [3.8, 4) is 0 Å². The third-order valence-corrected chi connectivity index (χ3v) is 6.34. The van der Waals surface area contributed by atoms with Gasteiger partial charge in [0, 0.05) is 36.2 Å². The number of anilines is 2. The minimum Gasteiger partial charge on any atom is -0.326 e. The normalized spacial score (nSPS) is 16.8. The summed E-state index contributed by atoms with van der Waals surface area (Å²) in [5.41, 5.74) is 1.21. The van der Waals surface area contributed by atoms with Gasteiger partial charge in [-0.15, -0.1) is 0 Å². The van der Waals surface area contributed by atoms with Crippen LogP contribution in [0, 0.1) is 17.2 Å². The van der Waals surface area contributed by atoms with Crippen LogP contribution in [0.3, 0.4) is 0 Å². The molecular formula is C24H24ClN5O4. The molecule has 0 saturated heterocycles. The Kier molecular flexibility index (Phi) is 6.39. The second-order valence-electron chi connectivity index (χ2n) is 8.12. The van der Waals surface area contributed by atoms with E-state index in [0.717, 1.165) is 6.21 Å². The average Bonchev–Trinajstić information content (AvgIpc) is 3.62. The maximum absolute atomic E-state index is 12.8. The van der Waals surface area contributed by atoms with Crippen LogP contribution in [0.5, 0.6) is 0 Å². The van der Waals surface area contributed by atoms with Crippen LogP contribution in [0.15, 0.2) is 46.0 Å². The number of amides is 2. The van der Waals surface area contributed by atoms with Gasteiger partial charge in [0.1, 0.15) is 0 Å². The number of carbonyl (C=O) groups excluding carboxylic acids is 2. The molecule has 2 atom stereocenters. The topological polar surface area (TPSA) is 126 Å². The van der Waals surface area contributed by atoms with Crippen molar-refractivity contribution in [3.05, 3.63) is 67.8 Å². The molecule has 1 aromatic heterocycles. The summed E-state index contributed by atoms with van der Waals surface area (Å²) in [7, 11) is 0. The molecule has 9 nitrogen and oxygen atoms in total. The number of nitrogens with one attached hydrogen (secondary N) is 3. The number of halogens is 1. The lowest BCUT2D eigenvalue weighted by Crippen LogP contribution is -2.39. The molecule has 1 heterocycles. The molecule has 1 fully saturated rings. The third-order valence-electron chi connectivity index (χ3n) is 6.01. The first kappa shape index (κ1) is 23.4. The van der Waals surface area contributed by atoms with Crippen LogP contribution in [-0.4, -0.2) is 27.2 Å². The average molecular weight is 482 g/mol. The predicted molar refractivity (Wildman–Crippen MR) is 132 cm³/mol. The Morgan fingerprint density at radius 3 is 2.15 bits per heavy atom. The molecule has 1 aliphatic carbocycles. The number of carbonyl (C=O) groups is 2. The second-order valence-corrected chi connectivity index (χ2v) is 8.52. The highest BCUT2D eigenvalue weighted by molar-refractivity contribution is 6.33. The third kappa shape index (κ3) is 4.26. The van der Waals surface area contributed by atoms with E-state index in [4.69, 9.17) is 17.0 Å². The highest BCUT2D eigenvalue weighted by atomic mass is 35.5. The van der Waals surface area contributed by atoms with Crippen LogP contribution in [-0.2, 0) is 22.7 Å². The Hall–Kier alpha value is -3.72. The molecule has 1 saturated carbocycles. The summed E-state index contributed by atoms with van der Waals surface area (Å²) >= 11 is 6.07. The van der Waals surface area contributed by atoms with Gasteiger partial charge in [-0.3, -0.25) is 23.5 Å². The molecule has 10 heteroatoms. The van der Waals surface area contributed by atoms with Gasteiger partial charge in [0.25, 0.3) is 5.56 Å². The SMILES string of the molecule is CCn1c(=O)c2cc(NC(=O)[C@@H]3C[C@@H]3C(=O)Nc3ccc(C=N)c(Cl)c3)ccc2n(CC)c1=O. The van der Waals surface area contributed by atoms with E-state index >= 15 is 0 Å². The highest BCUT2D eigenvalue weighted by Gasteiger charge is 2.48. The summed E-state index contributed by atoms with van der Waals surface area (Å²) in [6.45, 7) is 4.22. The van der Waals surface area contributed by atoms with Gasteiger partial charge in [-0.1, -0.05) is 11.6 Å². The van der Waals surface area contributed by atoms with Crippen molar-refractivity contribution < 1.29 is 9.59 Å². The lowest BCUT2D eigenvalue weighted by molar-refractivity contribution is -0.122. The molecule has 2 amide bonds. The van der Waals surface area contributed by atoms with E-state index in [2.05, 4.69) is 10.6 Å². The van der Waals surface area contributed by atoms with Gasteiger partial charge in [-0.05, 0) is 56.7 Å². The monoisotopic (exact) mass is 481 g/mol. The standard InChI is InChI=1S/C24H24ClN5O4/c1-3-29-20-8-7-14(9-18(20)23(33)30(4-2)24(29)34)27-21(31)16-11-17(16)22(32)28-15-6-5-13(12-26)19(25)10-15/h5-10,12,16-17,26H,3-4,11H2,1-2H3,(H,27,31)(H,28,32)/t16-,17+/m1/s1. The molecule has 0 radical (unpaired) electrons. The molecule has 4 rings (SSSR count). The fraction of sp³-hybridized carbons (Fsp3) is 0.292. The van der Waals surface area contributed by atoms with Crippen molar-refractivity contribution >= 4 is 51.9 Å². The Bertz CT molecular complexity index is 1440. The number of benzene rings is 2. The first-order valence-corrected chi connectivity index (χ1v) is 11.4. The maximum Gasteiger partial charge on any atom is 0.331 e. The minimum atomic E-state index is -0.482. The van der Waals surface area contributed by atoms with Gasteiger partial charge in [0.05, 0.1) is 27.8 Å². The van der Waals surface area contributed by atoms with Crippen LogP contribution in [0.4, 0.5) is 11.4 Å². The predicted octanol–water partition coefficient (Wildman–Crippen LogP) is 3.07. The van der Waals surface area contributed by atoms with Gasteiger partial charge in [0.15, 0.2) is 0 Å². The summed E-state index contributed by atoms with van der Waals surface area (Å²) < 4.78 is 2.69. The molecular weight excluding hydrogens is 458 g/mol. The molecule has 0 bridgehead atoms. The van der Waals surface area contributed by atoms with Gasteiger partial charge in [0.2, 0.25) is 11.8 Å². The van der Waals surface area contributed by atoms with Crippen LogP contribution >= 0.6 is 11.6 Å². The zero-order valence-corrected chi connectivity index (χ0v) is 19.5. The number of rotatable bonds is 7. The lowest BCUT2D eigenvalue weighted by atomic mass is 10.2. The van der Waals surface area contributed by atoms with Gasteiger partial charge in [-0.2, -0.15) is 0 Å². The van der Waals surface area contributed by atoms with Crippen molar-refractivity contribution in [2.24, 2.45) is 11.8 Å². The summed E-state index contributed by atoms with van der Waals surface area (Å²) in [5, 5.41) is 13.5. The van der Waals surface area contributed by atoms with Gasteiger partial charge < -0.3 is 16.0 Å². The summed E-state index contributed by atoms with van der Waals surface area (Å²) in [6, 6.07) is 9.70. The van der Waals surface area contributed by atoms with Crippen LogP contribution in [0.1, 0.15) is 25.8 Å². The van der Waals surface area contributed by atoms with Crippen LogP contribution in [0.25, 0.3) is 10.9 Å². The molecule has 0 aliphatic heterocycles. The first-order valence-electron chi connectivity index (χ1n) is 11.0. The van der Waals surface area contributed by atoms with E-state index < -0.39 is 17.4 Å². The molecule has 3 N–H and O–H groups in total. The largest absolute Gasteiger partial charge is 0.331 e. The Labute approximate surface area is 199 Å². The van der Waals surface area contributed by atoms with E-state index in [1.54, 1.807) is 43.3 Å². The number of hydrogen-bond acceptors (Lipinski definition) is 5. The van der Waals surface area contributed by atoms with Crippen molar-refractivity contribution in [2.75, 3.05) is 10.6 Å². The molecule has 0 spiro atoms. The van der Waals surface area contributed by atoms with Crippen molar-refractivity contribution in [3.63, 3.8) is 0 Å². The first-order chi connectivity index (χ1) is 16.3. The molecule has 1 aliphatic rings. The number of fused-ring (bicyclic) bond motifs is 1. The number of nitrogens with zero attached hydrogens (tertiary/aromatic N) is 2. The molecule has 34 heavy (non-hydrogen) atoms.